The van der Waals surface area contributed by atoms with E-state index in [-0.39, 0.29) is 0 Å². The molecule has 0 aromatic carbocycles. The highest BCUT2D eigenvalue weighted by molar-refractivity contribution is 6.38. The fraction of sp³-hybridized carbons (Fsp3) is 0.500. The Morgan fingerprint density at radius 2 is 1.80 bits per heavy atom. The van der Waals surface area contributed by atoms with Crippen LogP contribution in [0.1, 0.15) is 0 Å². The monoisotopic (exact) mass is 65.1 g/mol. The van der Waals surface area contributed by atoms with Gasteiger partial charge in [0, 0.05) is 0 Å². The van der Waals surface area contributed by atoms with Crippen molar-refractivity contribution >= 4 is 7.28 Å². The third-order valence-electron chi connectivity index (χ3n) is 0.772. The summed E-state index contributed by atoms with van der Waals surface area (Å²) in [4.78, 5) is 0. The van der Waals surface area contributed by atoms with Crippen LogP contribution in [0.3, 0.4) is 0 Å². The molecule has 0 N–H and O–H groups in total. The van der Waals surface area contributed by atoms with E-state index in [0.717, 1.165) is 0 Å². The van der Waals surface area contributed by atoms with Crippen LogP contribution < -0.4 is 0 Å². The highest BCUT2D eigenvalue weighted by Gasteiger charge is 1.87. The van der Waals surface area contributed by atoms with Gasteiger partial charge in [-0.05, 0) is 0 Å². The molecule has 1 aliphatic rings. The maximum Gasteiger partial charge on any atom is 0.119 e. The molecular weight excluding hydrogens is 58.9 g/mol. The molecule has 1 aliphatic heterocycles. The van der Waals surface area contributed by atoms with Crippen LogP contribution in [-0.2, 0) is 0 Å². The van der Waals surface area contributed by atoms with Gasteiger partial charge in [-0.15, -0.1) is 0 Å². The van der Waals surface area contributed by atoms with Gasteiger partial charge in [0.15, 0.2) is 0 Å². The van der Waals surface area contributed by atoms with Gasteiger partial charge in [-0.2, -0.15) is 0 Å². The first-order valence-corrected chi connectivity index (χ1v) is 1.97. The van der Waals surface area contributed by atoms with E-state index in [1.54, 1.807) is 0 Å². The van der Waals surface area contributed by atoms with Crippen molar-refractivity contribution in [3.05, 3.63) is 12.2 Å². The predicted molar refractivity (Wildman–Crippen MR) is 24.5 cm³/mol. The van der Waals surface area contributed by atoms with Crippen LogP contribution in [0.4, 0.5) is 0 Å². The summed E-state index contributed by atoms with van der Waals surface area (Å²) >= 11 is 0. The van der Waals surface area contributed by atoms with Crippen LogP contribution in [0, 0.1) is 0 Å². The Morgan fingerprint density at radius 1 is 1.20 bits per heavy atom. The molecule has 0 atom stereocenters. The Balaban J connectivity index is 2.32. The molecule has 1 heterocycles. The van der Waals surface area contributed by atoms with Crippen molar-refractivity contribution in [1.29, 1.82) is 0 Å². The minimum Gasteiger partial charge on any atom is -0.0971 e. The number of hydrogen-bond acceptors (Lipinski definition) is 0. The van der Waals surface area contributed by atoms with Gasteiger partial charge in [0.05, 0.1) is 0 Å². The zero-order chi connectivity index (χ0) is 3.54. The van der Waals surface area contributed by atoms with E-state index in [4.69, 9.17) is 0 Å². The Hall–Kier alpha value is -0.195. The Morgan fingerprint density at radius 3 is 2.00 bits per heavy atom. The molecule has 1 radical (unpaired) electrons. The average Bonchev–Trinajstić information content (AvgIpc) is 1.76. The van der Waals surface area contributed by atoms with E-state index in [2.05, 4.69) is 19.4 Å². The second-order valence-electron chi connectivity index (χ2n) is 1.23. The van der Waals surface area contributed by atoms with Gasteiger partial charge in [-0.3, -0.25) is 0 Å². The fourth-order valence-corrected chi connectivity index (χ4v) is 0.481. The normalized spacial score (nSPS) is 19.2. The van der Waals surface area contributed by atoms with Gasteiger partial charge in [0.2, 0.25) is 0 Å². The smallest absolute Gasteiger partial charge is 0.0971 e. The molecule has 0 nitrogen and oxygen atoms in total. The molecule has 0 fully saturated rings. The summed E-state index contributed by atoms with van der Waals surface area (Å²) in [6.07, 6.45) is 6.75. The lowest BCUT2D eigenvalue weighted by atomic mass is 9.76. The van der Waals surface area contributed by atoms with Crippen LogP contribution in [0.15, 0.2) is 12.2 Å². The SMILES string of the molecule is [B]1CC=CC1. The van der Waals surface area contributed by atoms with Crippen molar-refractivity contribution in [1.82, 2.24) is 0 Å². The largest absolute Gasteiger partial charge is 0.119 e. The van der Waals surface area contributed by atoms with E-state index >= 15 is 0 Å². The summed E-state index contributed by atoms with van der Waals surface area (Å²) in [6, 6.07) is 0. The summed E-state index contributed by atoms with van der Waals surface area (Å²) < 4.78 is 0. The van der Waals surface area contributed by atoms with Crippen molar-refractivity contribution in [2.45, 2.75) is 12.6 Å². The first-order chi connectivity index (χ1) is 2.50. The highest BCUT2D eigenvalue weighted by Crippen LogP contribution is 1.97. The number of allylic oxidation sites excluding steroid dienone is 2. The molecule has 0 saturated carbocycles. The summed E-state index contributed by atoms with van der Waals surface area (Å²) in [6.45, 7) is 0. The molecule has 1 heteroatoms. The van der Waals surface area contributed by atoms with Gasteiger partial charge in [0.1, 0.15) is 7.28 Å². The first-order valence-electron chi connectivity index (χ1n) is 1.97. The third-order valence-corrected chi connectivity index (χ3v) is 0.772. The van der Waals surface area contributed by atoms with Crippen LogP contribution in [0.2, 0.25) is 12.6 Å². The van der Waals surface area contributed by atoms with E-state index in [1.165, 1.54) is 12.6 Å². The van der Waals surface area contributed by atoms with Crippen LogP contribution in [0.5, 0.6) is 0 Å². The van der Waals surface area contributed by atoms with E-state index in [1.807, 2.05) is 0 Å². The van der Waals surface area contributed by atoms with Gasteiger partial charge >= 0.3 is 0 Å². The van der Waals surface area contributed by atoms with Crippen molar-refractivity contribution in [2.24, 2.45) is 0 Å². The van der Waals surface area contributed by atoms with Gasteiger partial charge in [-0.1, -0.05) is 24.8 Å². The molecule has 0 aliphatic carbocycles. The number of rotatable bonds is 0. The van der Waals surface area contributed by atoms with Crippen molar-refractivity contribution in [2.75, 3.05) is 0 Å². The van der Waals surface area contributed by atoms with Crippen molar-refractivity contribution in [3.8, 4) is 0 Å². The molecule has 5 heavy (non-hydrogen) atoms. The van der Waals surface area contributed by atoms with Gasteiger partial charge in [-0.25, -0.2) is 0 Å². The van der Waals surface area contributed by atoms with Crippen LogP contribution in [0.25, 0.3) is 0 Å². The lowest BCUT2D eigenvalue weighted by Gasteiger charge is -1.64. The summed E-state index contributed by atoms with van der Waals surface area (Å²) in [5.41, 5.74) is 0. The lowest BCUT2D eigenvalue weighted by Crippen LogP contribution is -1.70. The Kier molecular flexibility index (Phi) is 0.781. The van der Waals surface area contributed by atoms with E-state index < -0.39 is 0 Å². The topological polar surface area (TPSA) is 0 Å². The molecule has 0 aromatic heterocycles. The molecule has 0 saturated heterocycles. The maximum absolute atomic E-state index is 2.25. The van der Waals surface area contributed by atoms with Crippen molar-refractivity contribution < 1.29 is 0 Å². The zero-order valence-corrected chi connectivity index (χ0v) is 3.15. The van der Waals surface area contributed by atoms with Crippen LogP contribution >= 0.6 is 0 Å². The molecule has 0 bridgehead atoms. The maximum atomic E-state index is 2.25. The minimum absolute atomic E-state index is 1.19. The average molecular weight is 64.9 g/mol. The minimum atomic E-state index is 1.19. The van der Waals surface area contributed by atoms with Crippen molar-refractivity contribution in [3.63, 3.8) is 0 Å². The molecule has 0 unspecified atom stereocenters. The molecular formula is C4H6B. The molecule has 0 spiro atoms. The van der Waals surface area contributed by atoms with Crippen LogP contribution in [-0.4, -0.2) is 7.28 Å². The third kappa shape index (κ3) is 0.537. The quantitative estimate of drug-likeness (QED) is 0.292. The van der Waals surface area contributed by atoms with Gasteiger partial charge < -0.3 is 0 Å². The fourth-order valence-electron chi connectivity index (χ4n) is 0.481. The Bertz CT molecular complexity index is 41.6. The highest BCUT2D eigenvalue weighted by atomic mass is 13.7. The van der Waals surface area contributed by atoms with E-state index in [9.17, 15) is 0 Å². The summed E-state index contributed by atoms with van der Waals surface area (Å²) in [7, 11) is 2.25. The van der Waals surface area contributed by atoms with E-state index in [0.29, 0.717) is 0 Å². The lowest BCUT2D eigenvalue weighted by molar-refractivity contribution is 1.75. The molecule has 1 rings (SSSR count). The Labute approximate surface area is 33.1 Å². The second kappa shape index (κ2) is 1.30. The predicted octanol–water partition coefficient (Wildman–Crippen LogP) is 1.10. The second-order valence-corrected chi connectivity index (χ2v) is 1.23. The molecule has 0 aromatic rings. The number of hydrogen-bond donors (Lipinski definition) is 0. The first kappa shape index (κ1) is 3.01. The summed E-state index contributed by atoms with van der Waals surface area (Å²) in [5, 5.41) is 0. The molecule has 25 valence electrons. The zero-order valence-electron chi connectivity index (χ0n) is 3.15. The van der Waals surface area contributed by atoms with Gasteiger partial charge in [0.25, 0.3) is 0 Å². The summed E-state index contributed by atoms with van der Waals surface area (Å²) in [5.74, 6) is 0. The molecule has 0 amide bonds. The standard InChI is InChI=1S/C4H6B/c1-2-4-5-3-1/h1-2H,3-4H2.